The smallest absolute Gasteiger partial charge is 0.320 e. The van der Waals surface area contributed by atoms with Gasteiger partial charge in [0.25, 0.3) is 0 Å². The van der Waals surface area contributed by atoms with Gasteiger partial charge in [0, 0.05) is 12.6 Å². The molecule has 4 nitrogen and oxygen atoms in total. The van der Waals surface area contributed by atoms with Crippen molar-refractivity contribution in [3.8, 4) is 0 Å². The van der Waals surface area contributed by atoms with Crippen molar-refractivity contribution < 1.29 is 9.90 Å². The van der Waals surface area contributed by atoms with E-state index in [4.69, 9.17) is 0 Å². The molecule has 92 valence electrons. The summed E-state index contributed by atoms with van der Waals surface area (Å²) >= 11 is 0. The van der Waals surface area contributed by atoms with Crippen molar-refractivity contribution in [3.05, 3.63) is 0 Å². The number of rotatable bonds is 4. The van der Waals surface area contributed by atoms with Crippen molar-refractivity contribution in [3.63, 3.8) is 0 Å². The van der Waals surface area contributed by atoms with Gasteiger partial charge in [0.05, 0.1) is 0 Å². The van der Waals surface area contributed by atoms with Gasteiger partial charge < -0.3 is 10.4 Å². The minimum atomic E-state index is -0.644. The van der Waals surface area contributed by atoms with Crippen LogP contribution in [0, 0.1) is 5.92 Å². The van der Waals surface area contributed by atoms with Crippen molar-refractivity contribution in [2.75, 3.05) is 19.6 Å². The molecule has 2 aliphatic heterocycles. The first kappa shape index (κ1) is 11.9. The van der Waals surface area contributed by atoms with Crippen molar-refractivity contribution in [1.29, 1.82) is 0 Å². The van der Waals surface area contributed by atoms with Gasteiger partial charge in [-0.25, -0.2) is 0 Å². The van der Waals surface area contributed by atoms with E-state index in [2.05, 4.69) is 17.1 Å². The Hall–Kier alpha value is -0.610. The van der Waals surface area contributed by atoms with Gasteiger partial charge in [0.15, 0.2) is 0 Å². The zero-order valence-electron chi connectivity index (χ0n) is 9.98. The maximum Gasteiger partial charge on any atom is 0.320 e. The van der Waals surface area contributed by atoms with E-state index in [1.807, 2.05) is 0 Å². The molecule has 4 heteroatoms. The first-order valence-electron chi connectivity index (χ1n) is 6.43. The number of nitrogens with zero attached hydrogens (tertiary/aromatic N) is 1. The number of hydrogen-bond donors (Lipinski definition) is 2. The molecule has 0 spiro atoms. The highest BCUT2D eigenvalue weighted by molar-refractivity contribution is 5.73. The van der Waals surface area contributed by atoms with Crippen molar-refractivity contribution in [2.24, 2.45) is 5.92 Å². The fourth-order valence-corrected chi connectivity index (χ4v) is 3.20. The van der Waals surface area contributed by atoms with Crippen molar-refractivity contribution in [1.82, 2.24) is 10.2 Å². The van der Waals surface area contributed by atoms with Gasteiger partial charge in [-0.3, -0.25) is 9.69 Å². The standard InChI is InChI=1S/C12H22N2O2/c1-2-4-10(12(15)16)14-6-3-5-9-7-13-8-11(9)14/h9-11,13H,2-8H2,1H3,(H,15,16). The first-order chi connectivity index (χ1) is 7.74. The molecule has 2 aliphatic rings. The number of carboxylic acid groups (broad SMARTS) is 1. The molecule has 0 aromatic heterocycles. The summed E-state index contributed by atoms with van der Waals surface area (Å²) in [6.45, 7) is 5.06. The van der Waals surface area contributed by atoms with Gasteiger partial charge in [0.2, 0.25) is 0 Å². The molecule has 3 atom stereocenters. The van der Waals surface area contributed by atoms with Crippen LogP contribution in [0.25, 0.3) is 0 Å². The average molecular weight is 226 g/mol. The minimum absolute atomic E-state index is 0.266. The quantitative estimate of drug-likeness (QED) is 0.748. The summed E-state index contributed by atoms with van der Waals surface area (Å²) < 4.78 is 0. The highest BCUT2D eigenvalue weighted by atomic mass is 16.4. The molecule has 0 amide bonds. The predicted octanol–water partition coefficient (Wildman–Crippen LogP) is 0.924. The Balaban J connectivity index is 2.07. The fourth-order valence-electron chi connectivity index (χ4n) is 3.20. The normalized spacial score (nSPS) is 32.3. The second kappa shape index (κ2) is 5.15. The lowest BCUT2D eigenvalue weighted by atomic mass is 9.90. The molecule has 0 saturated carbocycles. The fraction of sp³-hybridized carbons (Fsp3) is 0.917. The monoisotopic (exact) mass is 226 g/mol. The Labute approximate surface area is 97.0 Å². The van der Waals surface area contributed by atoms with E-state index in [-0.39, 0.29) is 6.04 Å². The Kier molecular flexibility index (Phi) is 3.82. The van der Waals surface area contributed by atoms with Crippen molar-refractivity contribution >= 4 is 5.97 Å². The van der Waals surface area contributed by atoms with Gasteiger partial charge >= 0.3 is 5.97 Å². The van der Waals surface area contributed by atoms with E-state index in [1.54, 1.807) is 0 Å². The molecule has 0 radical (unpaired) electrons. The van der Waals surface area contributed by atoms with Crippen LogP contribution in [0.4, 0.5) is 0 Å². The summed E-state index contributed by atoms with van der Waals surface area (Å²) in [4.78, 5) is 13.6. The lowest BCUT2D eigenvalue weighted by molar-refractivity contribution is -0.145. The zero-order chi connectivity index (χ0) is 11.5. The second-order valence-electron chi connectivity index (χ2n) is 5.01. The van der Waals surface area contributed by atoms with Gasteiger partial charge in [-0.2, -0.15) is 0 Å². The molecular formula is C12H22N2O2. The average Bonchev–Trinajstić information content (AvgIpc) is 2.73. The third-order valence-corrected chi connectivity index (χ3v) is 3.97. The largest absolute Gasteiger partial charge is 0.480 e. The summed E-state index contributed by atoms with van der Waals surface area (Å²) in [7, 11) is 0. The first-order valence-corrected chi connectivity index (χ1v) is 6.43. The zero-order valence-corrected chi connectivity index (χ0v) is 9.98. The molecule has 0 aromatic carbocycles. The molecule has 2 heterocycles. The Morgan fingerprint density at radius 2 is 2.38 bits per heavy atom. The molecule has 16 heavy (non-hydrogen) atoms. The highest BCUT2D eigenvalue weighted by Crippen LogP contribution is 2.29. The molecule has 0 aromatic rings. The maximum atomic E-state index is 11.3. The molecule has 2 fully saturated rings. The molecule has 0 aliphatic carbocycles. The Morgan fingerprint density at radius 3 is 3.06 bits per heavy atom. The van der Waals surface area contributed by atoms with E-state index >= 15 is 0 Å². The van der Waals surface area contributed by atoms with Crippen LogP contribution in [0.2, 0.25) is 0 Å². The summed E-state index contributed by atoms with van der Waals surface area (Å²) in [6.07, 6.45) is 4.12. The summed E-state index contributed by atoms with van der Waals surface area (Å²) in [5, 5.41) is 12.7. The third-order valence-electron chi connectivity index (χ3n) is 3.97. The van der Waals surface area contributed by atoms with Crippen LogP contribution in [-0.4, -0.2) is 47.7 Å². The number of piperidine rings is 1. The summed E-state index contributed by atoms with van der Waals surface area (Å²) in [5.41, 5.74) is 0. The van der Waals surface area contributed by atoms with E-state index in [0.717, 1.165) is 38.9 Å². The van der Waals surface area contributed by atoms with Crippen LogP contribution >= 0.6 is 0 Å². The Morgan fingerprint density at radius 1 is 1.56 bits per heavy atom. The van der Waals surface area contributed by atoms with E-state index in [9.17, 15) is 9.90 Å². The molecule has 2 rings (SSSR count). The van der Waals surface area contributed by atoms with Crippen LogP contribution in [0.3, 0.4) is 0 Å². The van der Waals surface area contributed by atoms with E-state index < -0.39 is 5.97 Å². The summed E-state index contributed by atoms with van der Waals surface area (Å²) in [6, 6.07) is 0.194. The molecule has 2 N–H and O–H groups in total. The number of fused-ring (bicyclic) bond motifs is 1. The molecule has 2 saturated heterocycles. The number of likely N-dealkylation sites (tertiary alicyclic amines) is 1. The minimum Gasteiger partial charge on any atom is -0.480 e. The van der Waals surface area contributed by atoms with Crippen molar-refractivity contribution in [2.45, 2.75) is 44.7 Å². The van der Waals surface area contributed by atoms with Gasteiger partial charge in [-0.15, -0.1) is 0 Å². The van der Waals surface area contributed by atoms with Gasteiger partial charge in [-0.1, -0.05) is 13.3 Å². The second-order valence-corrected chi connectivity index (χ2v) is 5.01. The van der Waals surface area contributed by atoms with Crippen LogP contribution in [0.1, 0.15) is 32.6 Å². The lowest BCUT2D eigenvalue weighted by Crippen LogP contribution is -2.53. The predicted molar refractivity (Wildman–Crippen MR) is 62.4 cm³/mol. The number of aliphatic carboxylic acids is 1. The van der Waals surface area contributed by atoms with Gasteiger partial charge in [-0.05, 0) is 38.3 Å². The van der Waals surface area contributed by atoms with Crippen LogP contribution < -0.4 is 5.32 Å². The van der Waals surface area contributed by atoms with Crippen LogP contribution in [0.5, 0.6) is 0 Å². The van der Waals surface area contributed by atoms with Crippen LogP contribution in [-0.2, 0) is 4.79 Å². The third kappa shape index (κ3) is 2.23. The molecular weight excluding hydrogens is 204 g/mol. The lowest BCUT2D eigenvalue weighted by Gasteiger charge is -2.40. The summed E-state index contributed by atoms with van der Waals surface area (Å²) in [5.74, 6) is 0.0295. The Bertz CT molecular complexity index is 257. The maximum absolute atomic E-state index is 11.3. The van der Waals surface area contributed by atoms with Crippen LogP contribution in [0.15, 0.2) is 0 Å². The molecule has 3 unspecified atom stereocenters. The SMILES string of the molecule is CCCC(C(=O)O)N1CCCC2CNCC21. The van der Waals surface area contributed by atoms with Gasteiger partial charge in [0.1, 0.15) is 6.04 Å². The number of hydrogen-bond acceptors (Lipinski definition) is 3. The number of carboxylic acids is 1. The van der Waals surface area contributed by atoms with E-state index in [0.29, 0.717) is 12.0 Å². The topological polar surface area (TPSA) is 52.6 Å². The number of nitrogens with one attached hydrogen (secondary N) is 1. The highest BCUT2D eigenvalue weighted by Gasteiger charge is 2.39. The van der Waals surface area contributed by atoms with E-state index in [1.165, 1.54) is 6.42 Å². The molecule has 0 bridgehead atoms. The number of carbonyl (C=O) groups is 1.